The van der Waals surface area contributed by atoms with Gasteiger partial charge in [-0.3, -0.25) is 0 Å². The van der Waals surface area contributed by atoms with Crippen LogP contribution in [0.3, 0.4) is 0 Å². The van der Waals surface area contributed by atoms with E-state index in [4.69, 9.17) is 4.74 Å². The van der Waals surface area contributed by atoms with Gasteiger partial charge in [0, 0.05) is 13.0 Å². The van der Waals surface area contributed by atoms with Gasteiger partial charge in [0.1, 0.15) is 5.76 Å². The average molecular weight is 174 g/mol. The molecule has 1 N–H and O–H groups in total. The Labute approximate surface area is 77.9 Å². The Morgan fingerprint density at radius 3 is 2.85 bits per heavy atom. The molecule has 0 bridgehead atoms. The number of hydrogen-bond acceptors (Lipinski definition) is 2. The van der Waals surface area contributed by atoms with Gasteiger partial charge in [-0.05, 0) is 30.9 Å². The highest BCUT2D eigenvalue weighted by Gasteiger charge is 2.23. The third-order valence-electron chi connectivity index (χ3n) is 1.36. The molecule has 2 nitrogen and oxygen atoms in total. The van der Waals surface area contributed by atoms with Crippen molar-refractivity contribution in [3.05, 3.63) is 24.0 Å². The van der Waals surface area contributed by atoms with Gasteiger partial charge in [-0.2, -0.15) is 0 Å². The van der Waals surface area contributed by atoms with Crippen LogP contribution in [0.5, 0.6) is 0 Å². The van der Waals surface area contributed by atoms with Gasteiger partial charge in [-0.15, -0.1) is 0 Å². The van der Waals surface area contributed by atoms with E-state index < -0.39 is 5.79 Å². The number of hydrogen-bond donors (Lipinski definition) is 1. The molecule has 0 aliphatic carbocycles. The van der Waals surface area contributed by atoms with Crippen molar-refractivity contribution in [2.45, 2.75) is 19.6 Å². The van der Waals surface area contributed by atoms with E-state index in [0.29, 0.717) is 5.76 Å². The average Bonchev–Trinajstić information content (AvgIpc) is 2.40. The zero-order valence-electron chi connectivity index (χ0n) is 7.59. The smallest absolute Gasteiger partial charge is 0.225 e. The number of ether oxygens (including phenoxy) is 1. The molecule has 0 saturated heterocycles. The summed E-state index contributed by atoms with van der Waals surface area (Å²) in [4.78, 5) is 0. The van der Waals surface area contributed by atoms with Crippen molar-refractivity contribution in [2.75, 3.05) is 0 Å². The maximum Gasteiger partial charge on any atom is 0.225 e. The van der Waals surface area contributed by atoms with Crippen LogP contribution in [0.15, 0.2) is 24.0 Å². The molecule has 2 heteroatoms. The second-order valence-corrected chi connectivity index (χ2v) is 2.68. The summed E-state index contributed by atoms with van der Waals surface area (Å²) in [5.41, 5.74) is 0. The van der Waals surface area contributed by atoms with Crippen LogP contribution in [-0.4, -0.2) is 10.9 Å². The maximum absolute atomic E-state index is 9.34. The molecule has 1 unspecified atom stereocenters. The Morgan fingerprint density at radius 1 is 1.54 bits per heavy atom. The molecule has 13 heavy (non-hydrogen) atoms. The van der Waals surface area contributed by atoms with Crippen molar-refractivity contribution in [2.24, 2.45) is 0 Å². The van der Waals surface area contributed by atoms with Crippen LogP contribution in [0.1, 0.15) is 13.8 Å². The van der Waals surface area contributed by atoms with Crippen molar-refractivity contribution in [1.82, 2.24) is 0 Å². The predicted molar refractivity (Wildman–Crippen MR) is 50.2 cm³/mol. The Bertz CT molecular complexity index is 364. The Morgan fingerprint density at radius 2 is 2.31 bits per heavy atom. The van der Waals surface area contributed by atoms with Crippen molar-refractivity contribution in [3.8, 4) is 23.7 Å². The molecular formula is C11H10O2. The fourth-order valence-electron chi connectivity index (χ4n) is 0.827. The number of rotatable bonds is 0. The molecule has 0 aromatic heterocycles. The Hall–Kier alpha value is -1.64. The lowest BCUT2D eigenvalue weighted by molar-refractivity contribution is -0.107. The molecule has 1 heterocycles. The highest BCUT2D eigenvalue weighted by Crippen LogP contribution is 2.21. The molecule has 0 saturated carbocycles. The molecule has 1 aliphatic heterocycles. The van der Waals surface area contributed by atoms with Crippen molar-refractivity contribution < 1.29 is 9.84 Å². The third kappa shape index (κ3) is 3.07. The molecule has 0 aromatic rings. The van der Waals surface area contributed by atoms with Crippen molar-refractivity contribution in [3.63, 3.8) is 0 Å². The first kappa shape index (κ1) is 9.45. The zero-order chi connectivity index (χ0) is 9.73. The quantitative estimate of drug-likeness (QED) is 0.559. The lowest BCUT2D eigenvalue weighted by atomic mass is 10.3. The molecule has 0 amide bonds. The minimum Gasteiger partial charge on any atom is -0.459 e. The van der Waals surface area contributed by atoms with Crippen molar-refractivity contribution in [1.29, 1.82) is 0 Å². The highest BCUT2D eigenvalue weighted by molar-refractivity contribution is 5.34. The van der Waals surface area contributed by atoms with E-state index >= 15 is 0 Å². The predicted octanol–water partition coefficient (Wildman–Crippen LogP) is 1.19. The summed E-state index contributed by atoms with van der Waals surface area (Å²) in [6, 6.07) is 0. The first-order valence-corrected chi connectivity index (χ1v) is 3.87. The minimum absolute atomic E-state index is 0.551. The van der Waals surface area contributed by atoms with E-state index in [9.17, 15) is 5.11 Å². The summed E-state index contributed by atoms with van der Waals surface area (Å²) in [6.07, 6.45) is 4.81. The molecule has 1 rings (SSSR count). The zero-order valence-corrected chi connectivity index (χ0v) is 7.59. The Balaban J connectivity index is 2.63. The first-order chi connectivity index (χ1) is 6.14. The van der Waals surface area contributed by atoms with Gasteiger partial charge in [0.05, 0.1) is 0 Å². The lowest BCUT2D eigenvalue weighted by Crippen LogP contribution is -2.19. The van der Waals surface area contributed by atoms with Gasteiger partial charge in [0.2, 0.25) is 5.79 Å². The third-order valence-corrected chi connectivity index (χ3v) is 1.36. The Kier molecular flexibility index (Phi) is 2.80. The SMILES string of the molecule is CC#CC#C/C=C1\C=CC(C)(O)O1. The van der Waals surface area contributed by atoms with E-state index in [1.54, 1.807) is 32.1 Å². The second-order valence-electron chi connectivity index (χ2n) is 2.68. The standard InChI is InChI=1S/C11H10O2/c1-3-4-5-6-7-10-8-9-11(2,12)13-10/h7-9,12H,1-2H3/b10-7+. The fraction of sp³-hybridized carbons (Fsp3) is 0.273. The van der Waals surface area contributed by atoms with Crippen LogP contribution >= 0.6 is 0 Å². The number of allylic oxidation sites excluding steroid dienone is 2. The lowest BCUT2D eigenvalue weighted by Gasteiger charge is -2.14. The molecular weight excluding hydrogens is 164 g/mol. The van der Waals surface area contributed by atoms with Gasteiger partial charge in [-0.25, -0.2) is 0 Å². The van der Waals surface area contributed by atoms with Crippen LogP contribution in [0, 0.1) is 23.7 Å². The minimum atomic E-state index is -1.19. The number of aliphatic hydroxyl groups is 1. The van der Waals surface area contributed by atoms with Gasteiger partial charge < -0.3 is 9.84 Å². The van der Waals surface area contributed by atoms with Crippen LogP contribution < -0.4 is 0 Å². The van der Waals surface area contributed by atoms with Crippen LogP contribution in [0.25, 0.3) is 0 Å². The van der Waals surface area contributed by atoms with E-state index in [1.165, 1.54) is 0 Å². The molecule has 0 radical (unpaired) electrons. The van der Waals surface area contributed by atoms with Gasteiger partial charge in [0.15, 0.2) is 0 Å². The molecule has 0 fully saturated rings. The molecule has 1 atom stereocenters. The molecule has 1 aliphatic rings. The highest BCUT2D eigenvalue weighted by atomic mass is 16.6. The van der Waals surface area contributed by atoms with Crippen LogP contribution in [0.2, 0.25) is 0 Å². The van der Waals surface area contributed by atoms with Crippen LogP contribution in [-0.2, 0) is 4.74 Å². The summed E-state index contributed by atoms with van der Waals surface area (Å²) >= 11 is 0. The van der Waals surface area contributed by atoms with Gasteiger partial charge >= 0.3 is 0 Å². The maximum atomic E-state index is 9.34. The summed E-state index contributed by atoms with van der Waals surface area (Å²) in [5.74, 6) is 9.90. The van der Waals surface area contributed by atoms with E-state index in [0.717, 1.165) is 0 Å². The van der Waals surface area contributed by atoms with Crippen LogP contribution in [0.4, 0.5) is 0 Å². The largest absolute Gasteiger partial charge is 0.459 e. The topological polar surface area (TPSA) is 29.5 Å². The van der Waals surface area contributed by atoms with E-state index in [2.05, 4.69) is 23.7 Å². The molecule has 66 valence electrons. The molecule has 0 spiro atoms. The summed E-state index contributed by atoms with van der Waals surface area (Å²) in [5, 5.41) is 9.34. The van der Waals surface area contributed by atoms with Gasteiger partial charge in [-0.1, -0.05) is 11.8 Å². The van der Waals surface area contributed by atoms with Crippen molar-refractivity contribution >= 4 is 0 Å². The summed E-state index contributed by atoms with van der Waals surface area (Å²) in [7, 11) is 0. The monoisotopic (exact) mass is 174 g/mol. The normalized spacial score (nSPS) is 27.2. The second kappa shape index (κ2) is 3.85. The van der Waals surface area contributed by atoms with Gasteiger partial charge in [0.25, 0.3) is 0 Å². The first-order valence-electron chi connectivity index (χ1n) is 3.87. The molecule has 0 aromatic carbocycles. The fourth-order valence-corrected chi connectivity index (χ4v) is 0.827. The van der Waals surface area contributed by atoms with E-state index in [1.807, 2.05) is 0 Å². The summed E-state index contributed by atoms with van der Waals surface area (Å²) in [6.45, 7) is 3.28. The van der Waals surface area contributed by atoms with E-state index in [-0.39, 0.29) is 0 Å². The summed E-state index contributed by atoms with van der Waals surface area (Å²) < 4.78 is 5.08.